The minimum atomic E-state index is 0.0949. The van der Waals surface area contributed by atoms with Gasteiger partial charge < -0.3 is 10.2 Å². The molecular weight excluding hydrogens is 252 g/mol. The number of rotatable bonds is 2. The number of hydrogen-bond donors (Lipinski definition) is 1. The maximum atomic E-state index is 12.5. The number of nitrogens with zero attached hydrogens (tertiary/aromatic N) is 3. The number of carbonyl (C=O) groups excluding carboxylic acids is 1. The lowest BCUT2D eigenvalue weighted by atomic mass is 10.0. The van der Waals surface area contributed by atoms with Gasteiger partial charge in [-0.3, -0.25) is 9.69 Å². The van der Waals surface area contributed by atoms with Crippen molar-refractivity contribution in [1.82, 2.24) is 14.8 Å². The molecule has 0 aromatic carbocycles. The lowest BCUT2D eigenvalue weighted by molar-refractivity contribution is 0.0451. The fraction of sp³-hybridized carbons (Fsp3) is 0.600. The third kappa shape index (κ3) is 3.28. The van der Waals surface area contributed by atoms with Crippen LogP contribution >= 0.6 is 0 Å². The number of pyridine rings is 1. The van der Waals surface area contributed by atoms with Crippen molar-refractivity contribution in [2.75, 3.05) is 38.5 Å². The summed E-state index contributed by atoms with van der Waals surface area (Å²) in [6.45, 7) is 10.1. The average Bonchev–Trinajstić information content (AvgIpc) is 2.46. The van der Waals surface area contributed by atoms with Gasteiger partial charge in [0, 0.05) is 50.5 Å². The Morgan fingerprint density at radius 3 is 2.45 bits per heavy atom. The van der Waals surface area contributed by atoms with Crippen LogP contribution < -0.4 is 5.32 Å². The SMILES string of the molecule is CNc1cc(C(=O)N2CCN(C(C)(C)C)CC2)ccn1. The van der Waals surface area contributed by atoms with Crippen LogP contribution in [0, 0.1) is 0 Å². The molecule has 1 fully saturated rings. The molecule has 1 aliphatic heterocycles. The van der Waals surface area contributed by atoms with Gasteiger partial charge in [-0.15, -0.1) is 0 Å². The van der Waals surface area contributed by atoms with Crippen LogP contribution in [0.3, 0.4) is 0 Å². The van der Waals surface area contributed by atoms with Crippen LogP contribution in [-0.4, -0.2) is 59.5 Å². The molecule has 0 radical (unpaired) electrons. The lowest BCUT2D eigenvalue weighted by Gasteiger charge is -2.42. The summed E-state index contributed by atoms with van der Waals surface area (Å²) in [5, 5.41) is 2.96. The Bertz CT molecular complexity index is 473. The molecule has 0 aliphatic carbocycles. The highest BCUT2D eigenvalue weighted by atomic mass is 16.2. The highest BCUT2D eigenvalue weighted by Gasteiger charge is 2.28. The minimum absolute atomic E-state index is 0.0949. The van der Waals surface area contributed by atoms with E-state index in [0.29, 0.717) is 5.56 Å². The Hall–Kier alpha value is -1.62. The summed E-state index contributed by atoms with van der Waals surface area (Å²) in [5.74, 6) is 0.821. The molecule has 0 atom stereocenters. The molecule has 110 valence electrons. The average molecular weight is 276 g/mol. The van der Waals surface area contributed by atoms with Crippen molar-refractivity contribution in [2.45, 2.75) is 26.3 Å². The summed E-state index contributed by atoms with van der Waals surface area (Å²) in [4.78, 5) is 21.0. The lowest BCUT2D eigenvalue weighted by Crippen LogP contribution is -2.54. The molecule has 1 aromatic heterocycles. The predicted octanol–water partition coefficient (Wildman–Crippen LogP) is 1.68. The molecule has 0 saturated carbocycles. The molecule has 1 aliphatic rings. The summed E-state index contributed by atoms with van der Waals surface area (Å²) < 4.78 is 0. The van der Waals surface area contributed by atoms with Gasteiger partial charge in [0.1, 0.15) is 5.82 Å². The first kappa shape index (κ1) is 14.8. The maximum absolute atomic E-state index is 12.5. The smallest absolute Gasteiger partial charge is 0.254 e. The largest absolute Gasteiger partial charge is 0.373 e. The Kier molecular flexibility index (Phi) is 4.28. The third-order valence-corrected chi connectivity index (χ3v) is 3.78. The number of carbonyl (C=O) groups is 1. The molecule has 20 heavy (non-hydrogen) atoms. The van der Waals surface area contributed by atoms with Crippen LogP contribution in [-0.2, 0) is 0 Å². The number of nitrogens with one attached hydrogen (secondary N) is 1. The normalized spacial score (nSPS) is 17.1. The van der Waals surface area contributed by atoms with E-state index in [0.717, 1.165) is 32.0 Å². The molecule has 0 spiro atoms. The molecule has 5 heteroatoms. The number of piperazine rings is 1. The van der Waals surface area contributed by atoms with Crippen molar-refractivity contribution in [3.63, 3.8) is 0 Å². The van der Waals surface area contributed by atoms with Crippen molar-refractivity contribution in [3.05, 3.63) is 23.9 Å². The maximum Gasteiger partial charge on any atom is 0.254 e. The van der Waals surface area contributed by atoms with E-state index in [4.69, 9.17) is 0 Å². The molecule has 0 bridgehead atoms. The summed E-state index contributed by atoms with van der Waals surface area (Å²) >= 11 is 0. The van der Waals surface area contributed by atoms with Crippen molar-refractivity contribution in [1.29, 1.82) is 0 Å². The Morgan fingerprint density at radius 1 is 1.25 bits per heavy atom. The number of aromatic nitrogens is 1. The van der Waals surface area contributed by atoms with Gasteiger partial charge in [-0.2, -0.15) is 0 Å². The minimum Gasteiger partial charge on any atom is -0.373 e. The van der Waals surface area contributed by atoms with Crippen LogP contribution in [0.25, 0.3) is 0 Å². The quantitative estimate of drug-likeness (QED) is 0.893. The fourth-order valence-corrected chi connectivity index (χ4v) is 2.46. The second-order valence-electron chi connectivity index (χ2n) is 6.13. The number of hydrogen-bond acceptors (Lipinski definition) is 4. The zero-order valence-corrected chi connectivity index (χ0v) is 12.8. The summed E-state index contributed by atoms with van der Waals surface area (Å²) in [6, 6.07) is 3.58. The molecule has 1 amide bonds. The Morgan fingerprint density at radius 2 is 1.90 bits per heavy atom. The molecule has 5 nitrogen and oxygen atoms in total. The molecule has 0 unspecified atom stereocenters. The van der Waals surface area contributed by atoms with Gasteiger partial charge >= 0.3 is 0 Å². The zero-order valence-electron chi connectivity index (χ0n) is 12.8. The van der Waals surface area contributed by atoms with Crippen LogP contribution in [0.15, 0.2) is 18.3 Å². The molecule has 1 aromatic rings. The van der Waals surface area contributed by atoms with Crippen molar-refractivity contribution in [2.24, 2.45) is 0 Å². The van der Waals surface area contributed by atoms with E-state index in [1.807, 2.05) is 4.90 Å². The summed E-state index contributed by atoms with van der Waals surface area (Å²) in [7, 11) is 1.80. The van der Waals surface area contributed by atoms with Crippen LogP contribution in [0.5, 0.6) is 0 Å². The van der Waals surface area contributed by atoms with E-state index in [1.54, 1.807) is 25.4 Å². The van der Waals surface area contributed by atoms with E-state index >= 15 is 0 Å². The van der Waals surface area contributed by atoms with Gasteiger partial charge in [0.25, 0.3) is 5.91 Å². The van der Waals surface area contributed by atoms with Gasteiger partial charge in [0.2, 0.25) is 0 Å². The van der Waals surface area contributed by atoms with Gasteiger partial charge in [0.05, 0.1) is 0 Å². The van der Waals surface area contributed by atoms with Crippen molar-refractivity contribution in [3.8, 4) is 0 Å². The summed E-state index contributed by atoms with van der Waals surface area (Å²) in [5.41, 5.74) is 0.874. The Labute approximate surface area is 121 Å². The van der Waals surface area contributed by atoms with Gasteiger partial charge in [0.15, 0.2) is 0 Å². The topological polar surface area (TPSA) is 48.5 Å². The zero-order chi connectivity index (χ0) is 14.8. The highest BCUT2D eigenvalue weighted by molar-refractivity contribution is 5.94. The van der Waals surface area contributed by atoms with E-state index in [9.17, 15) is 4.79 Å². The second kappa shape index (κ2) is 5.79. The van der Waals surface area contributed by atoms with Crippen LogP contribution in [0.2, 0.25) is 0 Å². The molecular formula is C15H24N4O. The van der Waals surface area contributed by atoms with E-state index < -0.39 is 0 Å². The molecule has 2 heterocycles. The molecule has 1 saturated heterocycles. The third-order valence-electron chi connectivity index (χ3n) is 3.78. The number of amides is 1. The van der Waals surface area contributed by atoms with Crippen molar-refractivity contribution < 1.29 is 4.79 Å². The first-order valence-electron chi connectivity index (χ1n) is 7.10. The summed E-state index contributed by atoms with van der Waals surface area (Å²) in [6.07, 6.45) is 1.67. The van der Waals surface area contributed by atoms with E-state index in [1.165, 1.54) is 0 Å². The van der Waals surface area contributed by atoms with Gasteiger partial charge in [-0.25, -0.2) is 4.98 Å². The fourth-order valence-electron chi connectivity index (χ4n) is 2.46. The number of anilines is 1. The second-order valence-corrected chi connectivity index (χ2v) is 6.13. The standard InChI is InChI=1S/C15H24N4O/c1-15(2,3)19-9-7-18(8-10-19)14(20)12-5-6-17-13(11-12)16-4/h5-6,11H,7-10H2,1-4H3,(H,16,17). The van der Waals surface area contributed by atoms with E-state index in [2.05, 4.69) is 36.0 Å². The molecule has 2 rings (SSSR count). The van der Waals surface area contributed by atoms with E-state index in [-0.39, 0.29) is 11.4 Å². The highest BCUT2D eigenvalue weighted by Crippen LogP contribution is 2.17. The predicted molar refractivity (Wildman–Crippen MR) is 81.0 cm³/mol. The van der Waals surface area contributed by atoms with Gasteiger partial charge in [-0.1, -0.05) is 0 Å². The van der Waals surface area contributed by atoms with Crippen LogP contribution in [0.4, 0.5) is 5.82 Å². The molecule has 1 N–H and O–H groups in total. The van der Waals surface area contributed by atoms with Gasteiger partial charge in [-0.05, 0) is 32.9 Å². The van der Waals surface area contributed by atoms with Crippen LogP contribution in [0.1, 0.15) is 31.1 Å². The first-order chi connectivity index (χ1) is 9.41. The Balaban J connectivity index is 2.01. The van der Waals surface area contributed by atoms with Crippen molar-refractivity contribution >= 4 is 11.7 Å². The monoisotopic (exact) mass is 276 g/mol. The first-order valence-corrected chi connectivity index (χ1v) is 7.10.